The Morgan fingerprint density at radius 2 is 2.11 bits per heavy atom. The molecule has 1 rings (SSSR count). The zero-order valence-electron chi connectivity index (χ0n) is 10.1. The van der Waals surface area contributed by atoms with Crippen molar-refractivity contribution in [2.45, 2.75) is 17.4 Å². The molecule has 4 nitrogen and oxygen atoms in total. The number of nitrogens with two attached hydrogens (primary N) is 1. The smallest absolute Gasteiger partial charge is 0.147 e. The van der Waals surface area contributed by atoms with Gasteiger partial charge < -0.3 is 0 Å². The molecule has 1 aromatic carbocycles. The minimum absolute atomic E-state index is 0.0546. The van der Waals surface area contributed by atoms with E-state index in [1.54, 1.807) is 11.8 Å². The fourth-order valence-electron chi connectivity index (χ4n) is 1.32. The molecule has 0 saturated heterocycles. The minimum atomic E-state index is -2.95. The molecular weight excluding hydrogens is 292 g/mol. The molecule has 0 aliphatic carbocycles. The molecule has 0 radical (unpaired) electrons. The number of rotatable bonds is 7. The third kappa shape index (κ3) is 6.06. The van der Waals surface area contributed by atoms with Crippen LogP contribution in [-0.2, 0) is 9.84 Å². The Labute approximate surface area is 117 Å². The molecule has 0 heterocycles. The van der Waals surface area contributed by atoms with Gasteiger partial charge in [0.2, 0.25) is 0 Å². The first-order valence-corrected chi connectivity index (χ1v) is 8.86. The van der Waals surface area contributed by atoms with Crippen molar-refractivity contribution >= 4 is 33.2 Å². The second-order valence-corrected chi connectivity index (χ2v) is 7.75. The fourth-order valence-corrected chi connectivity index (χ4v) is 3.36. The molecule has 0 aromatic heterocycles. The molecule has 0 amide bonds. The molecule has 1 unspecified atom stereocenters. The van der Waals surface area contributed by atoms with Crippen molar-refractivity contribution in [2.75, 3.05) is 17.8 Å². The number of hydrogen-bond donors (Lipinski definition) is 2. The van der Waals surface area contributed by atoms with Crippen molar-refractivity contribution in [1.82, 2.24) is 5.43 Å². The molecule has 1 aromatic rings. The highest BCUT2D eigenvalue weighted by molar-refractivity contribution is 7.99. The molecule has 0 aliphatic heterocycles. The summed E-state index contributed by atoms with van der Waals surface area (Å²) in [6.07, 6.45) is 1.72. The lowest BCUT2D eigenvalue weighted by Crippen LogP contribution is -2.38. The molecule has 0 bridgehead atoms. The van der Waals surface area contributed by atoms with Gasteiger partial charge in [-0.05, 0) is 18.6 Å². The normalized spacial score (nSPS) is 13.5. The Morgan fingerprint density at radius 3 is 2.67 bits per heavy atom. The average Bonchev–Trinajstić information content (AvgIpc) is 2.30. The van der Waals surface area contributed by atoms with E-state index in [1.165, 1.54) is 6.26 Å². The molecular formula is C11H17ClN2O2S2. The molecule has 0 spiro atoms. The molecule has 0 saturated carbocycles. The van der Waals surface area contributed by atoms with Gasteiger partial charge in [-0.25, -0.2) is 8.42 Å². The molecule has 0 fully saturated rings. The van der Waals surface area contributed by atoms with Crippen LogP contribution in [0.15, 0.2) is 29.2 Å². The van der Waals surface area contributed by atoms with E-state index in [2.05, 4.69) is 5.43 Å². The summed E-state index contributed by atoms with van der Waals surface area (Å²) in [5.41, 5.74) is 2.64. The standard InChI is InChI=1S/C11H17ClN2O2S2/c1-18(15,16)7-6-9(14-13)8-17-11-5-3-2-4-10(11)12/h2-5,9,14H,6-8,13H2,1H3. The number of sulfone groups is 1. The van der Waals surface area contributed by atoms with E-state index in [1.807, 2.05) is 24.3 Å². The maximum atomic E-state index is 11.1. The predicted molar refractivity (Wildman–Crippen MR) is 77.6 cm³/mol. The van der Waals surface area contributed by atoms with Crippen LogP contribution in [0.3, 0.4) is 0 Å². The van der Waals surface area contributed by atoms with Crippen LogP contribution in [0.2, 0.25) is 5.02 Å². The van der Waals surface area contributed by atoms with Gasteiger partial charge in [0.05, 0.1) is 10.8 Å². The van der Waals surface area contributed by atoms with E-state index < -0.39 is 9.84 Å². The van der Waals surface area contributed by atoms with Crippen LogP contribution in [0.4, 0.5) is 0 Å². The molecule has 18 heavy (non-hydrogen) atoms. The van der Waals surface area contributed by atoms with Crippen LogP contribution in [0.5, 0.6) is 0 Å². The molecule has 102 valence electrons. The van der Waals surface area contributed by atoms with Crippen molar-refractivity contribution in [3.63, 3.8) is 0 Å². The molecule has 1 atom stereocenters. The van der Waals surface area contributed by atoms with E-state index in [4.69, 9.17) is 17.4 Å². The largest absolute Gasteiger partial charge is 0.271 e. The van der Waals surface area contributed by atoms with Gasteiger partial charge in [-0.3, -0.25) is 11.3 Å². The van der Waals surface area contributed by atoms with Gasteiger partial charge in [-0.2, -0.15) is 0 Å². The van der Waals surface area contributed by atoms with Gasteiger partial charge in [0.15, 0.2) is 0 Å². The van der Waals surface area contributed by atoms with Crippen LogP contribution >= 0.6 is 23.4 Å². The lowest BCUT2D eigenvalue weighted by molar-refractivity contribution is 0.550. The van der Waals surface area contributed by atoms with Gasteiger partial charge in [0, 0.05) is 22.9 Å². The second kappa shape index (κ2) is 7.35. The van der Waals surface area contributed by atoms with Crippen molar-refractivity contribution < 1.29 is 8.42 Å². The fraction of sp³-hybridized carbons (Fsp3) is 0.455. The van der Waals surface area contributed by atoms with E-state index in [0.29, 0.717) is 17.2 Å². The van der Waals surface area contributed by atoms with E-state index in [-0.39, 0.29) is 11.8 Å². The lowest BCUT2D eigenvalue weighted by atomic mass is 10.3. The summed E-state index contributed by atoms with van der Waals surface area (Å²) >= 11 is 7.59. The van der Waals surface area contributed by atoms with Crippen LogP contribution in [0.25, 0.3) is 0 Å². The number of halogens is 1. The number of benzene rings is 1. The van der Waals surface area contributed by atoms with Gasteiger partial charge in [0.1, 0.15) is 9.84 Å². The van der Waals surface area contributed by atoms with Gasteiger partial charge >= 0.3 is 0 Å². The highest BCUT2D eigenvalue weighted by Crippen LogP contribution is 2.27. The van der Waals surface area contributed by atoms with Crippen LogP contribution < -0.4 is 11.3 Å². The summed E-state index contributed by atoms with van der Waals surface area (Å²) < 4.78 is 22.2. The predicted octanol–water partition coefficient (Wildman–Crippen LogP) is 1.70. The first-order valence-electron chi connectivity index (χ1n) is 5.43. The molecule has 7 heteroatoms. The topological polar surface area (TPSA) is 72.2 Å². The van der Waals surface area contributed by atoms with Crippen LogP contribution in [0, 0.1) is 0 Å². The third-order valence-electron chi connectivity index (χ3n) is 2.35. The SMILES string of the molecule is CS(=O)(=O)CCC(CSc1ccccc1Cl)NN. The van der Waals surface area contributed by atoms with Crippen molar-refractivity contribution in [3.8, 4) is 0 Å². The van der Waals surface area contributed by atoms with Crippen LogP contribution in [0.1, 0.15) is 6.42 Å². The number of thioether (sulfide) groups is 1. The summed E-state index contributed by atoms with van der Waals surface area (Å²) in [7, 11) is -2.95. The summed E-state index contributed by atoms with van der Waals surface area (Å²) in [6.45, 7) is 0. The van der Waals surface area contributed by atoms with Crippen molar-refractivity contribution in [1.29, 1.82) is 0 Å². The Morgan fingerprint density at radius 1 is 1.44 bits per heavy atom. The van der Waals surface area contributed by atoms with E-state index in [9.17, 15) is 8.42 Å². The van der Waals surface area contributed by atoms with Gasteiger partial charge in [-0.15, -0.1) is 11.8 Å². The van der Waals surface area contributed by atoms with Crippen LogP contribution in [-0.4, -0.2) is 32.2 Å². The highest BCUT2D eigenvalue weighted by atomic mass is 35.5. The quantitative estimate of drug-likeness (QED) is 0.456. The summed E-state index contributed by atoms with van der Waals surface area (Å²) in [6, 6.07) is 7.48. The number of nitrogens with one attached hydrogen (secondary N) is 1. The monoisotopic (exact) mass is 308 g/mol. The third-order valence-corrected chi connectivity index (χ3v) is 5.00. The van der Waals surface area contributed by atoms with Gasteiger partial charge in [0.25, 0.3) is 0 Å². The average molecular weight is 309 g/mol. The molecule has 0 aliphatic rings. The zero-order chi connectivity index (χ0) is 13.6. The number of hydrogen-bond acceptors (Lipinski definition) is 5. The minimum Gasteiger partial charge on any atom is -0.271 e. The first kappa shape index (κ1) is 15.8. The summed E-state index contributed by atoms with van der Waals surface area (Å²) in [5, 5.41) is 0.696. The Bertz CT molecular complexity index is 480. The van der Waals surface area contributed by atoms with Crippen molar-refractivity contribution in [2.24, 2.45) is 5.84 Å². The molecule has 3 N–H and O–H groups in total. The summed E-state index contributed by atoms with van der Waals surface area (Å²) in [4.78, 5) is 0.971. The Kier molecular flexibility index (Phi) is 6.45. The second-order valence-electron chi connectivity index (χ2n) is 4.02. The Hall–Kier alpha value is -0.270. The Balaban J connectivity index is 2.47. The zero-order valence-corrected chi connectivity index (χ0v) is 12.5. The highest BCUT2D eigenvalue weighted by Gasteiger charge is 2.12. The maximum absolute atomic E-state index is 11.1. The van der Waals surface area contributed by atoms with E-state index >= 15 is 0 Å². The number of hydrazine groups is 1. The van der Waals surface area contributed by atoms with Crippen molar-refractivity contribution in [3.05, 3.63) is 29.3 Å². The summed E-state index contributed by atoms with van der Waals surface area (Å²) in [5.74, 6) is 6.22. The lowest BCUT2D eigenvalue weighted by Gasteiger charge is -2.15. The van der Waals surface area contributed by atoms with Gasteiger partial charge in [-0.1, -0.05) is 23.7 Å². The first-order chi connectivity index (χ1) is 8.42. The maximum Gasteiger partial charge on any atom is 0.147 e. The van der Waals surface area contributed by atoms with E-state index in [0.717, 1.165) is 4.90 Å².